The van der Waals surface area contributed by atoms with Crippen LogP contribution in [0.25, 0.3) is 0 Å². The zero-order valence-electron chi connectivity index (χ0n) is 19.3. The van der Waals surface area contributed by atoms with E-state index in [4.69, 9.17) is 9.16 Å². The summed E-state index contributed by atoms with van der Waals surface area (Å²) in [6, 6.07) is -0.747. The molecule has 0 bridgehead atoms. The van der Waals surface area contributed by atoms with Crippen molar-refractivity contribution >= 4 is 26.1 Å². The SMILES string of the molecule is C=CCOC(=O)N1CCCCC1C(=O)C[C@H]1NC(=O)[C@@H]1[C@@H](C)O[Si](C)(C)C(C)(C)C. The van der Waals surface area contributed by atoms with Crippen molar-refractivity contribution in [1.82, 2.24) is 10.2 Å². The number of amides is 2. The molecule has 2 rings (SSSR count). The molecule has 1 N–H and O–H groups in total. The molecular weight excluding hydrogens is 400 g/mol. The van der Waals surface area contributed by atoms with Crippen LogP contribution in [0, 0.1) is 5.92 Å². The van der Waals surface area contributed by atoms with E-state index in [-0.39, 0.29) is 47.8 Å². The first-order valence-corrected chi connectivity index (χ1v) is 13.8. The van der Waals surface area contributed by atoms with Gasteiger partial charge in [0.15, 0.2) is 14.1 Å². The lowest BCUT2D eigenvalue weighted by Crippen LogP contribution is -2.65. The highest BCUT2D eigenvalue weighted by molar-refractivity contribution is 6.74. The van der Waals surface area contributed by atoms with Gasteiger partial charge in [-0.25, -0.2) is 4.79 Å². The van der Waals surface area contributed by atoms with Crippen molar-refractivity contribution in [3.8, 4) is 0 Å². The van der Waals surface area contributed by atoms with Crippen LogP contribution in [0.1, 0.15) is 53.4 Å². The molecule has 2 heterocycles. The van der Waals surface area contributed by atoms with Gasteiger partial charge in [0.05, 0.1) is 18.1 Å². The van der Waals surface area contributed by atoms with Crippen LogP contribution in [-0.4, -0.2) is 62.3 Å². The quantitative estimate of drug-likeness (QED) is 0.355. The number of β-lactam (4-membered cyclic amide) rings is 1. The summed E-state index contributed by atoms with van der Waals surface area (Å²) in [6.07, 6.45) is 3.37. The van der Waals surface area contributed by atoms with Gasteiger partial charge in [-0.1, -0.05) is 33.4 Å². The van der Waals surface area contributed by atoms with Crippen molar-refractivity contribution in [2.45, 2.75) is 89.7 Å². The Kier molecular flexibility index (Phi) is 7.90. The number of ketones is 1. The van der Waals surface area contributed by atoms with Crippen molar-refractivity contribution in [3.05, 3.63) is 12.7 Å². The maximum Gasteiger partial charge on any atom is 0.410 e. The number of carbonyl (C=O) groups is 3. The summed E-state index contributed by atoms with van der Waals surface area (Å²) in [5.41, 5.74) is 0. The molecule has 0 saturated carbocycles. The number of Topliss-reactive ketones (excluding diaryl/α,β-unsaturated/α-hetero) is 1. The van der Waals surface area contributed by atoms with E-state index in [2.05, 4.69) is 45.8 Å². The summed E-state index contributed by atoms with van der Waals surface area (Å²) in [5, 5.41) is 2.92. The van der Waals surface area contributed by atoms with E-state index in [1.54, 1.807) is 0 Å². The first-order valence-electron chi connectivity index (χ1n) is 10.9. The maximum atomic E-state index is 13.1. The van der Waals surface area contributed by atoms with Crippen LogP contribution in [-0.2, 0) is 18.8 Å². The molecule has 0 radical (unpaired) electrons. The predicted octanol–water partition coefficient (Wildman–Crippen LogP) is 3.65. The molecule has 0 aromatic heterocycles. The second-order valence-electron chi connectivity index (χ2n) is 9.97. The molecule has 0 aromatic carbocycles. The van der Waals surface area contributed by atoms with Crippen LogP contribution >= 0.6 is 0 Å². The van der Waals surface area contributed by atoms with Gasteiger partial charge in [-0.3, -0.25) is 14.5 Å². The number of rotatable bonds is 8. The lowest BCUT2D eigenvalue weighted by molar-refractivity contribution is -0.142. The third-order valence-electron chi connectivity index (χ3n) is 6.71. The van der Waals surface area contributed by atoms with Gasteiger partial charge >= 0.3 is 6.09 Å². The predicted molar refractivity (Wildman–Crippen MR) is 119 cm³/mol. The highest BCUT2D eigenvalue weighted by atomic mass is 28.4. The summed E-state index contributed by atoms with van der Waals surface area (Å²) in [6.45, 7) is 16.9. The molecule has 0 aliphatic carbocycles. The molecule has 170 valence electrons. The monoisotopic (exact) mass is 438 g/mol. The van der Waals surface area contributed by atoms with Crippen molar-refractivity contribution in [3.63, 3.8) is 0 Å². The Morgan fingerprint density at radius 2 is 2.00 bits per heavy atom. The van der Waals surface area contributed by atoms with E-state index in [1.807, 2.05) is 6.92 Å². The highest BCUT2D eigenvalue weighted by Gasteiger charge is 2.48. The number of nitrogens with zero attached hydrogens (tertiary/aromatic N) is 1. The first-order chi connectivity index (χ1) is 13.9. The average Bonchev–Trinajstić information content (AvgIpc) is 2.63. The van der Waals surface area contributed by atoms with E-state index in [0.717, 1.165) is 12.8 Å². The van der Waals surface area contributed by atoms with Gasteiger partial charge in [-0.05, 0) is 44.3 Å². The molecule has 1 unspecified atom stereocenters. The van der Waals surface area contributed by atoms with Gasteiger partial charge in [-0.2, -0.15) is 0 Å². The number of ether oxygens (including phenoxy) is 1. The molecule has 2 saturated heterocycles. The Labute approximate surface area is 181 Å². The fraction of sp³-hybridized carbons (Fsp3) is 0.773. The molecule has 2 aliphatic heterocycles. The van der Waals surface area contributed by atoms with Gasteiger partial charge in [0, 0.05) is 19.0 Å². The molecular formula is C22H38N2O5Si. The lowest BCUT2D eigenvalue weighted by Gasteiger charge is -2.45. The summed E-state index contributed by atoms with van der Waals surface area (Å²) >= 11 is 0. The molecule has 0 spiro atoms. The largest absolute Gasteiger partial charge is 0.445 e. The summed E-state index contributed by atoms with van der Waals surface area (Å²) in [4.78, 5) is 39.2. The molecule has 2 aliphatic rings. The molecule has 4 atom stereocenters. The lowest BCUT2D eigenvalue weighted by atomic mass is 9.81. The molecule has 30 heavy (non-hydrogen) atoms. The second kappa shape index (κ2) is 9.64. The van der Waals surface area contributed by atoms with Crippen LogP contribution < -0.4 is 5.32 Å². The van der Waals surface area contributed by atoms with Crippen LogP contribution in [0.2, 0.25) is 18.1 Å². The van der Waals surface area contributed by atoms with Gasteiger partial charge in [-0.15, -0.1) is 0 Å². The highest BCUT2D eigenvalue weighted by Crippen LogP contribution is 2.39. The number of likely N-dealkylation sites (tertiary alicyclic amines) is 1. The van der Waals surface area contributed by atoms with Crippen LogP contribution in [0.5, 0.6) is 0 Å². The van der Waals surface area contributed by atoms with Crippen molar-refractivity contribution < 1.29 is 23.5 Å². The molecule has 8 heteroatoms. The number of nitrogens with one attached hydrogen (secondary N) is 1. The van der Waals surface area contributed by atoms with Gasteiger partial charge in [0.25, 0.3) is 0 Å². The van der Waals surface area contributed by atoms with Crippen LogP contribution in [0.15, 0.2) is 12.7 Å². The second-order valence-corrected chi connectivity index (χ2v) is 14.7. The van der Waals surface area contributed by atoms with Gasteiger partial charge < -0.3 is 14.5 Å². The molecule has 0 aromatic rings. The minimum absolute atomic E-state index is 0.0280. The number of carbonyl (C=O) groups excluding carboxylic acids is 3. The minimum atomic E-state index is -2.03. The number of hydrogen-bond acceptors (Lipinski definition) is 5. The Morgan fingerprint density at radius 1 is 1.33 bits per heavy atom. The average molecular weight is 439 g/mol. The Morgan fingerprint density at radius 3 is 2.57 bits per heavy atom. The normalized spacial score (nSPS) is 25.7. The maximum absolute atomic E-state index is 13.1. The molecule has 7 nitrogen and oxygen atoms in total. The third-order valence-corrected chi connectivity index (χ3v) is 11.3. The van der Waals surface area contributed by atoms with E-state index in [1.165, 1.54) is 11.0 Å². The van der Waals surface area contributed by atoms with E-state index >= 15 is 0 Å². The fourth-order valence-electron chi connectivity index (χ4n) is 3.94. The minimum Gasteiger partial charge on any atom is -0.445 e. The smallest absolute Gasteiger partial charge is 0.410 e. The summed E-state index contributed by atoms with van der Waals surface area (Å²) in [7, 11) is -2.03. The number of piperidine rings is 1. The zero-order valence-corrected chi connectivity index (χ0v) is 20.3. The van der Waals surface area contributed by atoms with Gasteiger partial charge in [0.2, 0.25) is 5.91 Å². The molecule has 2 fully saturated rings. The van der Waals surface area contributed by atoms with E-state index < -0.39 is 20.5 Å². The number of hydrogen-bond donors (Lipinski definition) is 1. The van der Waals surface area contributed by atoms with Crippen LogP contribution in [0.3, 0.4) is 0 Å². The topological polar surface area (TPSA) is 84.9 Å². The Bertz CT molecular complexity index is 673. The van der Waals surface area contributed by atoms with Gasteiger partial charge in [0.1, 0.15) is 6.61 Å². The fourth-order valence-corrected chi connectivity index (χ4v) is 5.37. The summed E-state index contributed by atoms with van der Waals surface area (Å²) in [5.74, 6) is -0.433. The third kappa shape index (κ3) is 5.52. The van der Waals surface area contributed by atoms with Crippen molar-refractivity contribution in [2.24, 2.45) is 5.92 Å². The Hall–Kier alpha value is -1.67. The molecule has 2 amide bonds. The standard InChI is InChI=1S/C22H38N2O5Si/c1-8-13-28-21(27)24-12-10-9-11-17(24)18(25)14-16-19(20(26)23-16)15(2)29-30(6,7)22(3,4)5/h8,15-17,19H,1,9-14H2,2-7H3,(H,23,26)/t15-,16-,17?,19-/m1/s1. The van der Waals surface area contributed by atoms with Crippen molar-refractivity contribution in [1.29, 1.82) is 0 Å². The summed E-state index contributed by atoms with van der Waals surface area (Å²) < 4.78 is 11.6. The Balaban J connectivity index is 2.02. The first kappa shape index (κ1) is 24.6. The van der Waals surface area contributed by atoms with Crippen molar-refractivity contribution in [2.75, 3.05) is 13.2 Å². The van der Waals surface area contributed by atoms with E-state index in [9.17, 15) is 14.4 Å². The zero-order chi connectivity index (χ0) is 22.7. The van der Waals surface area contributed by atoms with E-state index in [0.29, 0.717) is 13.0 Å². The van der Waals surface area contributed by atoms with Crippen LogP contribution in [0.4, 0.5) is 4.79 Å².